The van der Waals surface area contributed by atoms with E-state index in [0.29, 0.717) is 11.6 Å². The van der Waals surface area contributed by atoms with E-state index in [9.17, 15) is 10.0 Å². The molecule has 1 aliphatic rings. The molecular weight excluding hydrogens is 388 g/mol. The number of hydroxylamine groups is 2. The molecule has 152 valence electrons. The number of nitrogens with two attached hydrogens (primary N) is 1. The average molecular weight is 413 g/mol. The smallest absolute Gasteiger partial charge is 0.339 e. The van der Waals surface area contributed by atoms with Gasteiger partial charge < -0.3 is 5.73 Å². The van der Waals surface area contributed by atoms with Gasteiger partial charge in [-0.05, 0) is 23.3 Å². The van der Waals surface area contributed by atoms with Gasteiger partial charge in [0, 0.05) is 31.2 Å². The molecule has 1 atom stereocenters. The zero-order chi connectivity index (χ0) is 20.6. The Bertz CT molecular complexity index is 856. The van der Waals surface area contributed by atoms with Crippen molar-refractivity contribution in [1.29, 1.82) is 0 Å². The van der Waals surface area contributed by atoms with Crippen molar-refractivity contribution < 1.29 is 10.0 Å². The average Bonchev–Trinajstić information content (AvgIpc) is 2.74. The maximum atomic E-state index is 10.8. The summed E-state index contributed by atoms with van der Waals surface area (Å²) in [6.45, 7) is 4.13. The minimum absolute atomic E-state index is 0.0814. The van der Waals surface area contributed by atoms with Gasteiger partial charge in [-0.15, -0.1) is 0 Å². The van der Waals surface area contributed by atoms with Crippen LogP contribution in [0.1, 0.15) is 17.2 Å². The molecule has 1 fully saturated rings. The van der Waals surface area contributed by atoms with Crippen LogP contribution in [0, 0.1) is 11.8 Å². The zero-order valence-electron chi connectivity index (χ0n) is 16.2. The molecule has 2 aromatic carbocycles. The van der Waals surface area contributed by atoms with Crippen LogP contribution in [0.3, 0.4) is 0 Å². The summed E-state index contributed by atoms with van der Waals surface area (Å²) in [5.74, 6) is 5.75. The van der Waals surface area contributed by atoms with Crippen LogP contribution in [0.2, 0.25) is 5.02 Å². The van der Waals surface area contributed by atoms with Crippen LogP contribution in [0.15, 0.2) is 54.6 Å². The van der Waals surface area contributed by atoms with E-state index in [-0.39, 0.29) is 12.6 Å². The number of hydrogen-bond donors (Lipinski definition) is 2. The third kappa shape index (κ3) is 5.96. The number of carbonyl (C=O) groups excluding carboxylic acids is 1. The summed E-state index contributed by atoms with van der Waals surface area (Å²) in [5, 5.41) is 10.4. The first-order chi connectivity index (χ1) is 14.0. The Morgan fingerprint density at radius 3 is 2.28 bits per heavy atom. The first kappa shape index (κ1) is 21.2. The highest BCUT2D eigenvalue weighted by atomic mass is 35.5. The van der Waals surface area contributed by atoms with Crippen molar-refractivity contribution in [2.24, 2.45) is 5.73 Å². The van der Waals surface area contributed by atoms with Gasteiger partial charge in [-0.3, -0.25) is 15.0 Å². The number of piperazine rings is 1. The van der Waals surface area contributed by atoms with E-state index in [1.807, 2.05) is 18.2 Å². The summed E-state index contributed by atoms with van der Waals surface area (Å²) in [6.07, 6.45) is 0. The number of nitrogens with zero attached hydrogens (tertiary/aromatic N) is 3. The Morgan fingerprint density at radius 1 is 1.03 bits per heavy atom. The van der Waals surface area contributed by atoms with Crippen molar-refractivity contribution in [3.8, 4) is 11.8 Å². The summed E-state index contributed by atoms with van der Waals surface area (Å²) >= 11 is 6.09. The molecule has 7 heteroatoms. The lowest BCUT2D eigenvalue weighted by Crippen LogP contribution is -2.47. The normalized spacial score (nSPS) is 15.9. The highest BCUT2D eigenvalue weighted by Crippen LogP contribution is 2.30. The first-order valence-corrected chi connectivity index (χ1v) is 9.91. The second kappa shape index (κ2) is 10.3. The van der Waals surface area contributed by atoms with Gasteiger partial charge in [0.05, 0.1) is 12.6 Å². The van der Waals surface area contributed by atoms with Gasteiger partial charge in [0.25, 0.3) is 0 Å². The van der Waals surface area contributed by atoms with Gasteiger partial charge in [0.2, 0.25) is 0 Å². The number of halogens is 1. The molecule has 1 saturated heterocycles. The number of primary amides is 1. The van der Waals surface area contributed by atoms with Gasteiger partial charge in [-0.1, -0.05) is 65.9 Å². The van der Waals surface area contributed by atoms with Crippen molar-refractivity contribution in [3.05, 3.63) is 70.7 Å². The van der Waals surface area contributed by atoms with E-state index in [4.69, 9.17) is 17.3 Å². The van der Waals surface area contributed by atoms with E-state index in [2.05, 4.69) is 58.0 Å². The highest BCUT2D eigenvalue weighted by Gasteiger charge is 2.26. The fourth-order valence-corrected chi connectivity index (χ4v) is 3.58. The van der Waals surface area contributed by atoms with Crippen molar-refractivity contribution in [2.45, 2.75) is 6.04 Å². The van der Waals surface area contributed by atoms with Gasteiger partial charge in [-0.2, -0.15) is 5.06 Å². The molecule has 29 heavy (non-hydrogen) atoms. The molecule has 0 aromatic heterocycles. The van der Waals surface area contributed by atoms with Crippen LogP contribution in [0.5, 0.6) is 0 Å². The van der Waals surface area contributed by atoms with Crippen LogP contribution >= 0.6 is 11.6 Å². The van der Waals surface area contributed by atoms with E-state index in [1.54, 1.807) is 0 Å². The number of urea groups is 1. The molecule has 0 spiro atoms. The minimum Gasteiger partial charge on any atom is -0.350 e. The molecule has 3 N–H and O–H groups in total. The van der Waals surface area contributed by atoms with Gasteiger partial charge in [0.1, 0.15) is 6.54 Å². The second-order valence-corrected chi connectivity index (χ2v) is 7.36. The molecule has 0 saturated carbocycles. The zero-order valence-corrected chi connectivity index (χ0v) is 16.9. The van der Waals surface area contributed by atoms with Gasteiger partial charge in [-0.25, -0.2) is 4.79 Å². The molecule has 0 bridgehead atoms. The maximum absolute atomic E-state index is 10.8. The third-order valence-corrected chi connectivity index (χ3v) is 5.24. The molecule has 2 amide bonds. The lowest BCUT2D eigenvalue weighted by atomic mass is 9.96. The topological polar surface area (TPSA) is 73.0 Å². The lowest BCUT2D eigenvalue weighted by molar-refractivity contribution is -0.0269. The van der Waals surface area contributed by atoms with Crippen molar-refractivity contribution >= 4 is 17.6 Å². The SMILES string of the molecule is NC(=O)N(O)CC#CCN1CCN([C@H](c2ccccc2)c2ccc(Cl)cc2)CC1. The van der Waals surface area contributed by atoms with E-state index in [1.165, 1.54) is 11.1 Å². The van der Waals surface area contributed by atoms with Crippen LogP contribution in [-0.4, -0.2) is 65.4 Å². The molecule has 2 aromatic rings. The van der Waals surface area contributed by atoms with Crippen molar-refractivity contribution in [3.63, 3.8) is 0 Å². The summed E-state index contributed by atoms with van der Waals surface area (Å²) < 4.78 is 0. The summed E-state index contributed by atoms with van der Waals surface area (Å²) in [4.78, 5) is 15.5. The van der Waals surface area contributed by atoms with Crippen molar-refractivity contribution in [2.75, 3.05) is 39.3 Å². The van der Waals surface area contributed by atoms with Crippen LogP contribution in [0.25, 0.3) is 0 Å². The summed E-state index contributed by atoms with van der Waals surface area (Å²) in [5.41, 5.74) is 7.44. The molecule has 1 heterocycles. The Balaban J connectivity index is 1.63. The predicted octanol–water partition coefficient (Wildman–Crippen LogP) is 2.82. The van der Waals surface area contributed by atoms with Crippen LogP contribution in [-0.2, 0) is 0 Å². The Labute approximate surface area is 176 Å². The fourth-order valence-electron chi connectivity index (χ4n) is 3.45. The molecule has 0 unspecified atom stereocenters. The number of benzene rings is 2. The lowest BCUT2D eigenvalue weighted by Gasteiger charge is -2.39. The van der Waals surface area contributed by atoms with E-state index >= 15 is 0 Å². The molecule has 6 nitrogen and oxygen atoms in total. The number of rotatable bonds is 5. The van der Waals surface area contributed by atoms with Gasteiger partial charge in [0.15, 0.2) is 0 Å². The fraction of sp³-hybridized carbons (Fsp3) is 0.318. The maximum Gasteiger partial charge on any atom is 0.339 e. The number of amides is 2. The third-order valence-electron chi connectivity index (χ3n) is 4.98. The molecular formula is C22H25ClN4O2. The van der Waals surface area contributed by atoms with E-state index < -0.39 is 6.03 Å². The quantitative estimate of drug-likeness (QED) is 0.450. The van der Waals surface area contributed by atoms with Crippen LogP contribution < -0.4 is 5.73 Å². The predicted molar refractivity (Wildman–Crippen MR) is 114 cm³/mol. The minimum atomic E-state index is -0.901. The summed E-state index contributed by atoms with van der Waals surface area (Å²) in [6, 6.07) is 17.8. The molecule has 3 rings (SSSR count). The van der Waals surface area contributed by atoms with Gasteiger partial charge >= 0.3 is 6.03 Å². The van der Waals surface area contributed by atoms with Crippen LogP contribution in [0.4, 0.5) is 4.79 Å². The monoisotopic (exact) mass is 412 g/mol. The van der Waals surface area contributed by atoms with E-state index in [0.717, 1.165) is 31.2 Å². The Kier molecular flexibility index (Phi) is 7.50. The molecule has 0 aliphatic carbocycles. The number of carbonyl (C=O) groups is 1. The highest BCUT2D eigenvalue weighted by molar-refractivity contribution is 6.30. The second-order valence-electron chi connectivity index (χ2n) is 6.93. The Hall–Kier alpha value is -2.56. The first-order valence-electron chi connectivity index (χ1n) is 9.53. The number of hydrogen-bond acceptors (Lipinski definition) is 4. The van der Waals surface area contributed by atoms with Crippen molar-refractivity contribution in [1.82, 2.24) is 14.9 Å². The largest absolute Gasteiger partial charge is 0.350 e. The summed E-state index contributed by atoms with van der Waals surface area (Å²) in [7, 11) is 0. The Morgan fingerprint density at radius 2 is 1.66 bits per heavy atom. The standard InChI is InChI=1S/C22H25ClN4O2/c23-20-10-8-19(9-11-20)21(18-6-2-1-3-7-18)26-16-14-25(15-17-26)12-4-5-13-27(29)22(24)28/h1-3,6-11,21,29H,12-17H2,(H2,24,28)/t21-/m1/s1. The molecule has 0 radical (unpaired) electrons. The molecule has 1 aliphatic heterocycles.